The van der Waals surface area contributed by atoms with E-state index in [1.165, 1.54) is 12.1 Å². The van der Waals surface area contributed by atoms with Gasteiger partial charge in [-0.2, -0.15) is 4.39 Å². The first kappa shape index (κ1) is 11.2. The van der Waals surface area contributed by atoms with Crippen LogP contribution in [0.5, 0.6) is 5.75 Å². The first-order valence-electron chi connectivity index (χ1n) is 4.22. The molecule has 0 saturated heterocycles. The van der Waals surface area contributed by atoms with Gasteiger partial charge in [0.05, 0.1) is 0 Å². The van der Waals surface area contributed by atoms with Crippen LogP contribution in [0.3, 0.4) is 0 Å². The minimum atomic E-state index is -1.03. The number of ether oxygens (including phenoxy) is 1. The molecule has 0 bridgehead atoms. The van der Waals surface area contributed by atoms with Crippen LogP contribution < -0.4 is 4.74 Å². The van der Waals surface area contributed by atoms with Crippen molar-refractivity contribution in [3.05, 3.63) is 39.9 Å². The van der Waals surface area contributed by atoms with Crippen molar-refractivity contribution >= 4 is 23.1 Å². The van der Waals surface area contributed by atoms with Crippen molar-refractivity contribution < 1.29 is 13.5 Å². The molecule has 1 aromatic carbocycles. The molecule has 0 fully saturated rings. The van der Waals surface area contributed by atoms with E-state index in [0.717, 1.165) is 17.6 Å². The lowest BCUT2D eigenvalue weighted by Gasteiger charge is -2.05. The predicted molar refractivity (Wildman–Crippen MR) is 55.6 cm³/mol. The smallest absolute Gasteiger partial charge is 0.200 e. The Labute approximate surface area is 98.8 Å². The fraction of sp³-hybridized carbons (Fsp3) is 0.111. The third-order valence-electron chi connectivity index (χ3n) is 1.79. The summed E-state index contributed by atoms with van der Waals surface area (Å²) < 4.78 is 35.0. The van der Waals surface area contributed by atoms with Crippen molar-refractivity contribution in [3.63, 3.8) is 0 Å². The van der Waals surface area contributed by atoms with Crippen molar-refractivity contribution in [3.8, 4) is 5.75 Å². The van der Waals surface area contributed by atoms with E-state index in [1.807, 2.05) is 0 Å². The summed E-state index contributed by atoms with van der Waals surface area (Å²) in [5, 5.41) is 3.68. The number of nitrogens with zero attached hydrogens (tertiary/aromatic N) is 2. The van der Waals surface area contributed by atoms with E-state index >= 15 is 0 Å². The number of aromatic nitrogens is 2. The molecule has 0 aliphatic heterocycles. The SMILES string of the molecule is Fc1cccc(OCc2nnsc2Cl)c1F. The Hall–Kier alpha value is -1.27. The largest absolute Gasteiger partial charge is 0.484 e. The van der Waals surface area contributed by atoms with E-state index in [9.17, 15) is 8.78 Å². The molecule has 3 nitrogen and oxygen atoms in total. The summed E-state index contributed by atoms with van der Waals surface area (Å²) in [5.41, 5.74) is 0.398. The van der Waals surface area contributed by atoms with Gasteiger partial charge in [0, 0.05) is 11.5 Å². The lowest BCUT2D eigenvalue weighted by molar-refractivity contribution is 0.280. The molecule has 0 aliphatic rings. The number of hydrogen-bond acceptors (Lipinski definition) is 4. The average molecular weight is 263 g/mol. The molecule has 7 heteroatoms. The zero-order chi connectivity index (χ0) is 11.5. The molecule has 0 aliphatic carbocycles. The molecule has 0 unspecified atom stereocenters. The van der Waals surface area contributed by atoms with E-state index in [-0.39, 0.29) is 12.4 Å². The molecule has 0 amide bonds. The highest BCUT2D eigenvalue weighted by molar-refractivity contribution is 7.10. The van der Waals surface area contributed by atoms with Gasteiger partial charge in [0.1, 0.15) is 16.6 Å². The van der Waals surface area contributed by atoms with Gasteiger partial charge in [0.25, 0.3) is 0 Å². The van der Waals surface area contributed by atoms with Gasteiger partial charge in [-0.15, -0.1) is 5.10 Å². The molecule has 1 aromatic heterocycles. The molecule has 84 valence electrons. The average Bonchev–Trinajstić information content (AvgIpc) is 2.67. The van der Waals surface area contributed by atoms with E-state index in [1.54, 1.807) is 0 Å². The second-order valence-corrected chi connectivity index (χ2v) is 4.19. The molecule has 2 aromatic rings. The van der Waals surface area contributed by atoms with Crippen LogP contribution in [0.25, 0.3) is 0 Å². The Kier molecular flexibility index (Phi) is 3.31. The number of benzene rings is 1. The Bertz CT molecular complexity index is 506. The van der Waals surface area contributed by atoms with Gasteiger partial charge in [0.15, 0.2) is 11.6 Å². The Morgan fingerprint density at radius 1 is 1.38 bits per heavy atom. The summed E-state index contributed by atoms with van der Waals surface area (Å²) in [5.74, 6) is -2.16. The molecule has 0 spiro atoms. The Morgan fingerprint density at radius 3 is 2.88 bits per heavy atom. The molecular weight excluding hydrogens is 258 g/mol. The monoisotopic (exact) mass is 262 g/mol. The minimum Gasteiger partial charge on any atom is -0.484 e. The molecule has 1 heterocycles. The molecule has 2 rings (SSSR count). The van der Waals surface area contributed by atoms with E-state index in [0.29, 0.717) is 10.0 Å². The molecule has 16 heavy (non-hydrogen) atoms. The van der Waals surface area contributed by atoms with Crippen LogP contribution in [-0.2, 0) is 6.61 Å². The summed E-state index contributed by atoms with van der Waals surface area (Å²) in [7, 11) is 0. The number of hydrogen-bond donors (Lipinski definition) is 0. The lowest BCUT2D eigenvalue weighted by Crippen LogP contribution is -1.99. The highest BCUT2D eigenvalue weighted by Gasteiger charge is 2.11. The maximum atomic E-state index is 13.2. The predicted octanol–water partition coefficient (Wildman–Crippen LogP) is 3.05. The van der Waals surface area contributed by atoms with Crippen molar-refractivity contribution in [2.45, 2.75) is 6.61 Å². The Morgan fingerprint density at radius 2 is 2.19 bits per heavy atom. The highest BCUT2D eigenvalue weighted by Crippen LogP contribution is 2.22. The van der Waals surface area contributed by atoms with Gasteiger partial charge in [-0.1, -0.05) is 22.2 Å². The maximum Gasteiger partial charge on any atom is 0.200 e. The third kappa shape index (κ3) is 2.28. The summed E-state index contributed by atoms with van der Waals surface area (Å²) in [6.45, 7) is -0.0459. The van der Waals surface area contributed by atoms with Crippen LogP contribution in [0, 0.1) is 11.6 Å². The zero-order valence-electron chi connectivity index (χ0n) is 7.78. The van der Waals surface area contributed by atoms with E-state index in [4.69, 9.17) is 16.3 Å². The van der Waals surface area contributed by atoms with Crippen molar-refractivity contribution in [2.75, 3.05) is 0 Å². The van der Waals surface area contributed by atoms with Crippen molar-refractivity contribution in [2.24, 2.45) is 0 Å². The summed E-state index contributed by atoms with van der Waals surface area (Å²) in [6, 6.07) is 3.69. The molecule has 0 N–H and O–H groups in total. The minimum absolute atomic E-state index is 0.0459. The van der Waals surface area contributed by atoms with E-state index < -0.39 is 11.6 Å². The summed E-state index contributed by atoms with van der Waals surface area (Å²) >= 11 is 6.73. The lowest BCUT2D eigenvalue weighted by atomic mass is 10.3. The molecular formula is C9H5ClF2N2OS. The van der Waals surface area contributed by atoms with Gasteiger partial charge in [0.2, 0.25) is 5.82 Å². The van der Waals surface area contributed by atoms with Gasteiger partial charge in [-0.25, -0.2) is 4.39 Å². The van der Waals surface area contributed by atoms with E-state index in [2.05, 4.69) is 9.59 Å². The molecule has 0 radical (unpaired) electrons. The number of rotatable bonds is 3. The highest BCUT2D eigenvalue weighted by atomic mass is 35.5. The molecule has 0 saturated carbocycles. The maximum absolute atomic E-state index is 13.2. The molecule has 0 atom stereocenters. The summed E-state index contributed by atoms with van der Waals surface area (Å²) in [6.07, 6.45) is 0. The van der Waals surface area contributed by atoms with Crippen LogP contribution in [0.2, 0.25) is 4.34 Å². The van der Waals surface area contributed by atoms with Gasteiger partial charge >= 0.3 is 0 Å². The zero-order valence-corrected chi connectivity index (χ0v) is 9.36. The quantitative estimate of drug-likeness (QED) is 0.853. The van der Waals surface area contributed by atoms with Crippen molar-refractivity contribution in [1.29, 1.82) is 0 Å². The second-order valence-electron chi connectivity index (χ2n) is 2.83. The topological polar surface area (TPSA) is 35.0 Å². The Balaban J connectivity index is 2.11. The van der Waals surface area contributed by atoms with Crippen LogP contribution in [0.15, 0.2) is 18.2 Å². The normalized spacial score (nSPS) is 10.4. The van der Waals surface area contributed by atoms with Crippen molar-refractivity contribution in [1.82, 2.24) is 9.59 Å². The standard InChI is InChI=1S/C9H5ClF2N2OS/c10-9-6(13-14-16-9)4-15-7-3-1-2-5(11)8(7)12/h1-3H,4H2. The fourth-order valence-electron chi connectivity index (χ4n) is 1.02. The van der Waals surface area contributed by atoms with Crippen LogP contribution in [0.4, 0.5) is 8.78 Å². The van der Waals surface area contributed by atoms with Gasteiger partial charge in [-0.3, -0.25) is 0 Å². The second kappa shape index (κ2) is 4.71. The fourth-order valence-corrected chi connectivity index (χ4v) is 1.63. The number of halogens is 3. The first-order valence-corrected chi connectivity index (χ1v) is 5.37. The summed E-state index contributed by atoms with van der Waals surface area (Å²) in [4.78, 5) is 0. The van der Waals surface area contributed by atoms with Gasteiger partial charge < -0.3 is 4.74 Å². The van der Waals surface area contributed by atoms with Gasteiger partial charge in [-0.05, 0) is 12.1 Å². The first-order chi connectivity index (χ1) is 7.68. The van der Waals surface area contributed by atoms with Crippen LogP contribution >= 0.6 is 23.1 Å². The van der Waals surface area contributed by atoms with Crippen LogP contribution in [0.1, 0.15) is 5.69 Å². The van der Waals surface area contributed by atoms with Crippen LogP contribution in [-0.4, -0.2) is 9.59 Å². The third-order valence-corrected chi connectivity index (χ3v) is 2.77.